The predicted octanol–water partition coefficient (Wildman–Crippen LogP) is 4.00. The van der Waals surface area contributed by atoms with Crippen LogP contribution in [0.1, 0.15) is 31.6 Å². The van der Waals surface area contributed by atoms with E-state index < -0.39 is 5.60 Å². The minimum absolute atomic E-state index is 0.255. The van der Waals surface area contributed by atoms with Crippen molar-refractivity contribution in [3.63, 3.8) is 0 Å². The van der Waals surface area contributed by atoms with Gasteiger partial charge in [0.25, 0.3) is 0 Å². The van der Waals surface area contributed by atoms with Crippen LogP contribution in [0.3, 0.4) is 0 Å². The van der Waals surface area contributed by atoms with Gasteiger partial charge in [0, 0.05) is 25.6 Å². The fourth-order valence-corrected chi connectivity index (χ4v) is 3.53. The van der Waals surface area contributed by atoms with Crippen molar-refractivity contribution in [2.75, 3.05) is 19.6 Å². The highest BCUT2D eigenvalue weighted by atomic mass is 16.3. The molecule has 0 saturated carbocycles. The monoisotopic (exact) mass is 325 g/mol. The van der Waals surface area contributed by atoms with E-state index in [1.807, 2.05) is 25.1 Å². The van der Waals surface area contributed by atoms with Crippen LogP contribution in [-0.2, 0) is 6.42 Å². The summed E-state index contributed by atoms with van der Waals surface area (Å²) in [4.78, 5) is 2.44. The van der Waals surface area contributed by atoms with Crippen molar-refractivity contribution in [1.29, 1.82) is 0 Å². The number of rotatable bonds is 5. The third-order valence-electron chi connectivity index (χ3n) is 5.02. The summed E-state index contributed by atoms with van der Waals surface area (Å²) in [6.45, 7) is 6.90. The standard InChI is InChI=1S/C21H27NO2/c1-17(13-20-9-6-12-24-20)15-22-11-10-21(2,23)19(16-22)14-18-7-4-3-5-8-18/h3-9,12-13,19,23H,10-11,14-16H2,1-2H3/t19-,21+/m0/s1. The molecule has 0 bridgehead atoms. The van der Waals surface area contributed by atoms with Gasteiger partial charge < -0.3 is 9.52 Å². The molecule has 2 atom stereocenters. The van der Waals surface area contributed by atoms with E-state index in [0.717, 1.165) is 38.2 Å². The molecule has 0 amide bonds. The van der Waals surface area contributed by atoms with Crippen molar-refractivity contribution in [2.24, 2.45) is 5.92 Å². The second kappa shape index (κ2) is 7.37. The molecule has 3 nitrogen and oxygen atoms in total. The van der Waals surface area contributed by atoms with Gasteiger partial charge >= 0.3 is 0 Å². The molecule has 1 aromatic carbocycles. The molecule has 0 spiro atoms. The Kier molecular flexibility index (Phi) is 5.22. The van der Waals surface area contributed by atoms with Gasteiger partial charge in [-0.15, -0.1) is 0 Å². The maximum atomic E-state index is 10.8. The first-order valence-corrected chi connectivity index (χ1v) is 8.72. The van der Waals surface area contributed by atoms with Crippen LogP contribution in [0.5, 0.6) is 0 Å². The van der Waals surface area contributed by atoms with Gasteiger partial charge in [-0.05, 0) is 50.5 Å². The SMILES string of the molecule is CC(=Cc1ccco1)CN1CC[C@@](C)(O)[C@@H](Cc2ccccc2)C1. The quantitative estimate of drug-likeness (QED) is 0.903. The molecular weight excluding hydrogens is 298 g/mol. The highest BCUT2D eigenvalue weighted by Gasteiger charge is 2.37. The average molecular weight is 325 g/mol. The Morgan fingerprint density at radius 1 is 1.29 bits per heavy atom. The van der Waals surface area contributed by atoms with E-state index in [-0.39, 0.29) is 5.92 Å². The molecule has 128 valence electrons. The number of hydrogen-bond donors (Lipinski definition) is 1. The van der Waals surface area contributed by atoms with Gasteiger partial charge in [-0.3, -0.25) is 4.90 Å². The fraction of sp³-hybridized carbons (Fsp3) is 0.429. The number of benzene rings is 1. The summed E-state index contributed by atoms with van der Waals surface area (Å²) < 4.78 is 5.39. The molecule has 1 fully saturated rings. The van der Waals surface area contributed by atoms with Gasteiger partial charge in [-0.25, -0.2) is 0 Å². The second-order valence-corrected chi connectivity index (χ2v) is 7.24. The number of aliphatic hydroxyl groups is 1. The Morgan fingerprint density at radius 3 is 2.79 bits per heavy atom. The topological polar surface area (TPSA) is 36.6 Å². The minimum atomic E-state index is -0.592. The summed E-state index contributed by atoms with van der Waals surface area (Å²) in [5.41, 5.74) is 1.99. The number of hydrogen-bond acceptors (Lipinski definition) is 3. The lowest BCUT2D eigenvalue weighted by molar-refractivity contribution is -0.0555. The van der Waals surface area contributed by atoms with Gasteiger partial charge in [-0.2, -0.15) is 0 Å². The smallest absolute Gasteiger partial charge is 0.126 e. The Hall–Kier alpha value is -1.84. The van der Waals surface area contributed by atoms with Gasteiger partial charge in [0.2, 0.25) is 0 Å². The summed E-state index contributed by atoms with van der Waals surface area (Å²) in [6, 6.07) is 14.4. The molecule has 2 heterocycles. The first kappa shape index (κ1) is 17.0. The highest BCUT2D eigenvalue weighted by molar-refractivity contribution is 5.46. The third kappa shape index (κ3) is 4.37. The van der Waals surface area contributed by atoms with E-state index in [4.69, 9.17) is 4.42 Å². The van der Waals surface area contributed by atoms with Gasteiger partial charge in [0.15, 0.2) is 0 Å². The lowest BCUT2D eigenvalue weighted by Crippen LogP contribution is -2.51. The number of likely N-dealkylation sites (tertiary alicyclic amines) is 1. The van der Waals surface area contributed by atoms with Crippen molar-refractivity contribution < 1.29 is 9.52 Å². The summed E-state index contributed by atoms with van der Waals surface area (Å²) in [5, 5.41) is 10.8. The molecule has 0 unspecified atom stereocenters. The summed E-state index contributed by atoms with van der Waals surface area (Å²) >= 11 is 0. The largest absolute Gasteiger partial charge is 0.465 e. The van der Waals surface area contributed by atoms with E-state index in [2.05, 4.69) is 42.2 Å². The van der Waals surface area contributed by atoms with Crippen molar-refractivity contribution in [3.05, 3.63) is 65.6 Å². The van der Waals surface area contributed by atoms with Crippen molar-refractivity contribution in [3.8, 4) is 0 Å². The molecule has 1 saturated heterocycles. The molecule has 2 aromatic rings. The zero-order valence-corrected chi connectivity index (χ0v) is 14.6. The Balaban J connectivity index is 1.64. The number of furan rings is 1. The Morgan fingerprint density at radius 2 is 2.08 bits per heavy atom. The number of nitrogens with zero attached hydrogens (tertiary/aromatic N) is 1. The summed E-state index contributed by atoms with van der Waals surface area (Å²) in [7, 11) is 0. The van der Waals surface area contributed by atoms with Crippen LogP contribution in [0.4, 0.5) is 0 Å². The predicted molar refractivity (Wildman–Crippen MR) is 97.7 cm³/mol. The molecular formula is C21H27NO2. The van der Waals surface area contributed by atoms with Crippen LogP contribution in [0, 0.1) is 5.92 Å². The maximum absolute atomic E-state index is 10.8. The fourth-order valence-electron chi connectivity index (χ4n) is 3.53. The Bertz CT molecular complexity index is 658. The molecule has 24 heavy (non-hydrogen) atoms. The van der Waals surface area contributed by atoms with Crippen molar-refractivity contribution in [1.82, 2.24) is 4.90 Å². The van der Waals surface area contributed by atoms with E-state index in [1.165, 1.54) is 11.1 Å². The van der Waals surface area contributed by atoms with Crippen LogP contribution >= 0.6 is 0 Å². The van der Waals surface area contributed by atoms with Crippen LogP contribution in [0.2, 0.25) is 0 Å². The van der Waals surface area contributed by atoms with Crippen LogP contribution < -0.4 is 0 Å². The summed E-state index contributed by atoms with van der Waals surface area (Å²) in [6.07, 6.45) is 5.54. The van der Waals surface area contributed by atoms with Crippen LogP contribution in [-0.4, -0.2) is 35.2 Å². The molecule has 3 rings (SSSR count). The first-order chi connectivity index (χ1) is 11.5. The van der Waals surface area contributed by atoms with E-state index in [1.54, 1.807) is 6.26 Å². The number of piperidine rings is 1. The van der Waals surface area contributed by atoms with Crippen molar-refractivity contribution in [2.45, 2.75) is 32.3 Å². The average Bonchev–Trinajstić information content (AvgIpc) is 3.05. The van der Waals surface area contributed by atoms with E-state index in [0.29, 0.717) is 0 Å². The lowest BCUT2D eigenvalue weighted by atomic mass is 9.78. The van der Waals surface area contributed by atoms with E-state index >= 15 is 0 Å². The zero-order valence-electron chi connectivity index (χ0n) is 14.6. The minimum Gasteiger partial charge on any atom is -0.465 e. The molecule has 3 heteroatoms. The third-order valence-corrected chi connectivity index (χ3v) is 5.02. The Labute approximate surface area is 144 Å². The summed E-state index contributed by atoms with van der Waals surface area (Å²) in [5.74, 6) is 1.16. The van der Waals surface area contributed by atoms with Crippen molar-refractivity contribution >= 4 is 6.08 Å². The van der Waals surface area contributed by atoms with Gasteiger partial charge in [0.05, 0.1) is 11.9 Å². The zero-order chi connectivity index (χ0) is 17.0. The second-order valence-electron chi connectivity index (χ2n) is 7.24. The van der Waals surface area contributed by atoms with E-state index in [9.17, 15) is 5.11 Å². The molecule has 0 aliphatic carbocycles. The normalized spacial score (nSPS) is 25.8. The van der Waals surface area contributed by atoms with Crippen LogP contribution in [0.25, 0.3) is 6.08 Å². The van der Waals surface area contributed by atoms with Crippen LogP contribution in [0.15, 0.2) is 58.7 Å². The molecule has 0 radical (unpaired) electrons. The maximum Gasteiger partial charge on any atom is 0.126 e. The molecule has 1 aliphatic rings. The van der Waals surface area contributed by atoms with Gasteiger partial charge in [-0.1, -0.05) is 35.9 Å². The lowest BCUT2D eigenvalue weighted by Gasteiger charge is -2.43. The molecule has 1 aliphatic heterocycles. The first-order valence-electron chi connectivity index (χ1n) is 8.72. The highest BCUT2D eigenvalue weighted by Crippen LogP contribution is 2.31. The van der Waals surface area contributed by atoms with Gasteiger partial charge in [0.1, 0.15) is 5.76 Å². The molecule has 1 N–H and O–H groups in total. The molecule has 1 aromatic heterocycles.